The van der Waals surface area contributed by atoms with Gasteiger partial charge in [-0.2, -0.15) is 0 Å². The van der Waals surface area contributed by atoms with Crippen LogP contribution in [-0.2, 0) is 13.0 Å². The molecule has 1 aromatic heterocycles. The Morgan fingerprint density at radius 3 is 3.04 bits per heavy atom. The molecule has 0 unspecified atom stereocenters. The number of benzene rings is 1. The molecule has 6 nitrogen and oxygen atoms in total. The lowest BCUT2D eigenvalue weighted by Gasteiger charge is -2.27. The van der Waals surface area contributed by atoms with Crippen LogP contribution in [0.25, 0.3) is 0 Å². The van der Waals surface area contributed by atoms with E-state index in [1.165, 1.54) is 5.56 Å². The van der Waals surface area contributed by atoms with Gasteiger partial charge in [0.15, 0.2) is 5.82 Å². The van der Waals surface area contributed by atoms with E-state index in [1.54, 1.807) is 13.2 Å². The van der Waals surface area contributed by atoms with Gasteiger partial charge in [0, 0.05) is 49.1 Å². The lowest BCUT2D eigenvalue weighted by molar-refractivity contribution is 0.0729. The molecule has 1 atom stereocenters. The molecule has 26 heavy (non-hydrogen) atoms. The number of likely N-dealkylation sites (N-methyl/N-ethyl adjacent to an activating group) is 1. The minimum Gasteiger partial charge on any atom is -0.497 e. The third kappa shape index (κ3) is 3.17. The number of carbonyl (C=O) groups excluding carboxylic acids is 1. The molecule has 4 rings (SSSR count). The second-order valence-electron chi connectivity index (χ2n) is 7.08. The maximum absolute atomic E-state index is 13.0. The van der Waals surface area contributed by atoms with Crippen LogP contribution < -0.4 is 4.74 Å². The largest absolute Gasteiger partial charge is 0.497 e. The molecule has 1 saturated heterocycles. The molecule has 0 spiro atoms. The van der Waals surface area contributed by atoms with Gasteiger partial charge in [-0.15, -0.1) is 0 Å². The summed E-state index contributed by atoms with van der Waals surface area (Å²) in [7, 11) is 3.73. The number of fused-ring (bicyclic) bond motifs is 1. The van der Waals surface area contributed by atoms with Crippen molar-refractivity contribution in [2.75, 3.05) is 27.2 Å². The van der Waals surface area contributed by atoms with Crippen LogP contribution in [0.1, 0.15) is 46.3 Å². The van der Waals surface area contributed by atoms with Gasteiger partial charge in [0.2, 0.25) is 0 Å². The van der Waals surface area contributed by atoms with Crippen molar-refractivity contribution in [2.45, 2.75) is 31.8 Å². The molecule has 136 valence electrons. The number of carbonyl (C=O) groups is 1. The van der Waals surface area contributed by atoms with Crippen molar-refractivity contribution in [3.8, 4) is 5.75 Å². The van der Waals surface area contributed by atoms with Crippen molar-refractivity contribution in [3.63, 3.8) is 0 Å². The van der Waals surface area contributed by atoms with E-state index in [2.05, 4.69) is 16.9 Å². The van der Waals surface area contributed by atoms with Crippen molar-refractivity contribution in [1.82, 2.24) is 19.8 Å². The first-order valence-corrected chi connectivity index (χ1v) is 9.14. The van der Waals surface area contributed by atoms with Crippen LogP contribution >= 0.6 is 0 Å². The highest BCUT2D eigenvalue weighted by Gasteiger charge is 2.33. The van der Waals surface area contributed by atoms with Crippen molar-refractivity contribution < 1.29 is 9.53 Å². The maximum Gasteiger partial charge on any atom is 0.254 e. The van der Waals surface area contributed by atoms with Crippen molar-refractivity contribution in [3.05, 3.63) is 53.1 Å². The van der Waals surface area contributed by atoms with E-state index in [9.17, 15) is 4.79 Å². The van der Waals surface area contributed by atoms with Gasteiger partial charge in [-0.05, 0) is 38.1 Å². The summed E-state index contributed by atoms with van der Waals surface area (Å²) in [4.78, 5) is 26.7. The number of amides is 1. The first-order valence-electron chi connectivity index (χ1n) is 9.14. The smallest absolute Gasteiger partial charge is 0.254 e. The normalized spacial score (nSPS) is 20.1. The summed E-state index contributed by atoms with van der Waals surface area (Å²) in [5.41, 5.74) is 2.98. The lowest BCUT2D eigenvalue weighted by Crippen LogP contribution is -2.32. The molecule has 2 aromatic rings. The Labute approximate surface area is 153 Å². The molecule has 0 saturated carbocycles. The predicted molar refractivity (Wildman–Crippen MR) is 98.1 cm³/mol. The molecule has 0 radical (unpaired) electrons. The van der Waals surface area contributed by atoms with Crippen molar-refractivity contribution in [2.24, 2.45) is 0 Å². The summed E-state index contributed by atoms with van der Waals surface area (Å²) in [5, 5.41) is 0. The summed E-state index contributed by atoms with van der Waals surface area (Å²) in [6.07, 6.45) is 4.77. The van der Waals surface area contributed by atoms with E-state index in [4.69, 9.17) is 9.72 Å². The van der Waals surface area contributed by atoms with Crippen LogP contribution in [0.2, 0.25) is 0 Å². The number of ether oxygens (including phenoxy) is 1. The van der Waals surface area contributed by atoms with Gasteiger partial charge in [-0.1, -0.05) is 6.07 Å². The van der Waals surface area contributed by atoms with Gasteiger partial charge >= 0.3 is 0 Å². The van der Waals surface area contributed by atoms with Crippen LogP contribution in [-0.4, -0.2) is 52.9 Å². The standard InChI is InChI=1S/C20H24N4O2/c1-23-10-8-17-15(13-23)12-21-19(22-17)18-7-4-9-24(18)20(25)14-5-3-6-16(11-14)26-2/h3,5-6,11-12,18H,4,7-10,13H2,1-2H3/t18-/m0/s1. The number of hydrogen-bond acceptors (Lipinski definition) is 5. The zero-order valence-electron chi connectivity index (χ0n) is 15.3. The minimum absolute atomic E-state index is 0.0208. The lowest BCUT2D eigenvalue weighted by atomic mass is 10.1. The zero-order chi connectivity index (χ0) is 18.1. The number of hydrogen-bond donors (Lipinski definition) is 0. The van der Waals surface area contributed by atoms with E-state index < -0.39 is 0 Å². The molecular formula is C20H24N4O2. The Balaban J connectivity index is 1.59. The van der Waals surface area contributed by atoms with Crippen LogP contribution in [0.15, 0.2) is 30.5 Å². The predicted octanol–water partition coefficient (Wildman–Crippen LogP) is 2.45. The Hall–Kier alpha value is -2.47. The number of aromatic nitrogens is 2. The monoisotopic (exact) mass is 352 g/mol. The molecule has 0 N–H and O–H groups in total. The summed E-state index contributed by atoms with van der Waals surface area (Å²) in [6.45, 7) is 2.65. The highest BCUT2D eigenvalue weighted by Crippen LogP contribution is 2.32. The molecule has 6 heteroatoms. The average Bonchev–Trinajstić information content (AvgIpc) is 3.16. The van der Waals surface area contributed by atoms with Crippen LogP contribution in [0, 0.1) is 0 Å². The zero-order valence-corrected chi connectivity index (χ0v) is 15.3. The fourth-order valence-corrected chi connectivity index (χ4v) is 3.83. The number of likely N-dealkylation sites (tertiary alicyclic amines) is 1. The van der Waals surface area contributed by atoms with Gasteiger partial charge in [-0.3, -0.25) is 4.79 Å². The third-order valence-electron chi connectivity index (χ3n) is 5.27. The Morgan fingerprint density at radius 2 is 2.19 bits per heavy atom. The number of nitrogens with zero attached hydrogens (tertiary/aromatic N) is 4. The summed E-state index contributed by atoms with van der Waals surface area (Å²) in [5.74, 6) is 1.50. The minimum atomic E-state index is -0.0429. The summed E-state index contributed by atoms with van der Waals surface area (Å²) < 4.78 is 5.25. The van der Waals surface area contributed by atoms with Gasteiger partial charge in [0.05, 0.1) is 13.2 Å². The molecule has 1 amide bonds. The first kappa shape index (κ1) is 17.0. The second kappa shape index (κ2) is 7.03. The van der Waals surface area contributed by atoms with Gasteiger partial charge in [0.25, 0.3) is 5.91 Å². The third-order valence-corrected chi connectivity index (χ3v) is 5.27. The van der Waals surface area contributed by atoms with Gasteiger partial charge < -0.3 is 14.5 Å². The van der Waals surface area contributed by atoms with E-state index in [1.807, 2.05) is 29.3 Å². The second-order valence-corrected chi connectivity index (χ2v) is 7.08. The molecule has 2 aliphatic rings. The van der Waals surface area contributed by atoms with Gasteiger partial charge in [0.1, 0.15) is 5.75 Å². The van der Waals surface area contributed by atoms with Crippen LogP contribution in [0.3, 0.4) is 0 Å². The van der Waals surface area contributed by atoms with Gasteiger partial charge in [-0.25, -0.2) is 9.97 Å². The Bertz CT molecular complexity index is 823. The van der Waals surface area contributed by atoms with Crippen LogP contribution in [0.5, 0.6) is 5.75 Å². The quantitative estimate of drug-likeness (QED) is 0.849. The maximum atomic E-state index is 13.0. The number of methoxy groups -OCH3 is 1. The average molecular weight is 352 g/mol. The van der Waals surface area contributed by atoms with E-state index in [-0.39, 0.29) is 11.9 Å². The fraction of sp³-hybridized carbons (Fsp3) is 0.450. The highest BCUT2D eigenvalue weighted by molar-refractivity contribution is 5.95. The van der Waals surface area contributed by atoms with E-state index in [0.29, 0.717) is 11.3 Å². The molecule has 0 aliphatic carbocycles. The SMILES string of the molecule is COc1cccc(C(=O)N2CCC[C@H]2c2ncc3c(n2)CCN(C)C3)c1. The molecular weight excluding hydrogens is 328 g/mol. The molecule has 0 bridgehead atoms. The summed E-state index contributed by atoms with van der Waals surface area (Å²) >= 11 is 0. The summed E-state index contributed by atoms with van der Waals surface area (Å²) in [6, 6.07) is 7.29. The molecule has 3 heterocycles. The van der Waals surface area contributed by atoms with Crippen LogP contribution in [0.4, 0.5) is 0 Å². The molecule has 1 aromatic carbocycles. The van der Waals surface area contributed by atoms with E-state index in [0.717, 1.165) is 50.4 Å². The number of rotatable bonds is 3. The first-order chi connectivity index (χ1) is 12.7. The highest BCUT2D eigenvalue weighted by atomic mass is 16.5. The fourth-order valence-electron chi connectivity index (χ4n) is 3.83. The van der Waals surface area contributed by atoms with Crippen molar-refractivity contribution >= 4 is 5.91 Å². The molecule has 1 fully saturated rings. The van der Waals surface area contributed by atoms with E-state index >= 15 is 0 Å². The molecule has 2 aliphatic heterocycles. The van der Waals surface area contributed by atoms with Crippen molar-refractivity contribution in [1.29, 1.82) is 0 Å². The Morgan fingerprint density at radius 1 is 1.31 bits per heavy atom. The Kier molecular flexibility index (Phi) is 4.59. The topological polar surface area (TPSA) is 58.6 Å².